The quantitative estimate of drug-likeness (QED) is 0.689. The molecule has 1 atom stereocenters. The standard InChI is InChI=1S/C15H14N4O4S2/c1-7-17-19-11-9(16-14(19)25-7)3-4-18(15(21)22)12(11)10-5-8(6-24-10)13(20)23-2/h5-6,12H,3-4H2,1-2H3,(H,21,22). The summed E-state index contributed by atoms with van der Waals surface area (Å²) in [6.07, 6.45) is -0.465. The van der Waals surface area contributed by atoms with Gasteiger partial charge in [0.2, 0.25) is 4.96 Å². The average molecular weight is 378 g/mol. The van der Waals surface area contributed by atoms with E-state index in [2.05, 4.69) is 10.1 Å². The highest BCUT2D eigenvalue weighted by atomic mass is 32.1. The van der Waals surface area contributed by atoms with Crippen LogP contribution >= 0.6 is 22.7 Å². The van der Waals surface area contributed by atoms with E-state index in [0.29, 0.717) is 18.5 Å². The fraction of sp³-hybridized carbons (Fsp3) is 0.333. The second-order valence-corrected chi connectivity index (χ2v) is 7.72. The smallest absolute Gasteiger partial charge is 0.408 e. The van der Waals surface area contributed by atoms with Gasteiger partial charge in [-0.1, -0.05) is 11.3 Å². The number of carboxylic acid groups (broad SMARTS) is 1. The summed E-state index contributed by atoms with van der Waals surface area (Å²) >= 11 is 2.80. The molecule has 0 saturated heterocycles. The molecule has 130 valence electrons. The Bertz CT molecular complexity index is 989. The number of carbonyl (C=O) groups is 2. The molecule has 1 N–H and O–H groups in total. The largest absolute Gasteiger partial charge is 0.465 e. The molecule has 3 aromatic rings. The van der Waals surface area contributed by atoms with Crippen LogP contribution < -0.4 is 0 Å². The van der Waals surface area contributed by atoms with E-state index in [1.54, 1.807) is 16.0 Å². The third kappa shape index (κ3) is 2.48. The van der Waals surface area contributed by atoms with Gasteiger partial charge in [0.1, 0.15) is 11.0 Å². The molecule has 0 aromatic carbocycles. The van der Waals surface area contributed by atoms with Crippen LogP contribution in [0.4, 0.5) is 4.79 Å². The van der Waals surface area contributed by atoms with Crippen molar-refractivity contribution in [1.29, 1.82) is 0 Å². The SMILES string of the molecule is COC(=O)c1csc(C2c3c(nc4sc(C)nn34)CCN2C(=O)O)c1. The maximum atomic E-state index is 11.8. The number of nitrogens with zero attached hydrogens (tertiary/aromatic N) is 4. The van der Waals surface area contributed by atoms with Crippen LogP contribution in [0.25, 0.3) is 4.96 Å². The fourth-order valence-electron chi connectivity index (χ4n) is 3.08. The maximum Gasteiger partial charge on any atom is 0.408 e. The average Bonchev–Trinajstić information content (AvgIpc) is 3.26. The topological polar surface area (TPSA) is 97.0 Å². The lowest BCUT2D eigenvalue weighted by atomic mass is 10.0. The number of hydrogen-bond donors (Lipinski definition) is 1. The monoisotopic (exact) mass is 378 g/mol. The summed E-state index contributed by atoms with van der Waals surface area (Å²) in [6, 6.07) is 1.14. The minimum absolute atomic E-state index is 0.349. The highest BCUT2D eigenvalue weighted by Gasteiger charge is 2.37. The van der Waals surface area contributed by atoms with E-state index in [1.807, 2.05) is 6.92 Å². The number of methoxy groups -OCH3 is 1. The lowest BCUT2D eigenvalue weighted by Crippen LogP contribution is -2.40. The van der Waals surface area contributed by atoms with E-state index in [1.165, 1.54) is 34.7 Å². The maximum absolute atomic E-state index is 11.8. The number of aryl methyl sites for hydroxylation is 1. The molecule has 8 nitrogen and oxygen atoms in total. The van der Waals surface area contributed by atoms with Crippen LogP contribution in [0, 0.1) is 6.92 Å². The molecule has 0 spiro atoms. The number of ether oxygens (including phenoxy) is 1. The van der Waals surface area contributed by atoms with Crippen molar-refractivity contribution in [2.45, 2.75) is 19.4 Å². The number of carbonyl (C=O) groups excluding carboxylic acids is 1. The van der Waals surface area contributed by atoms with E-state index in [0.717, 1.165) is 26.2 Å². The molecule has 4 rings (SSSR count). The van der Waals surface area contributed by atoms with E-state index < -0.39 is 18.1 Å². The second kappa shape index (κ2) is 5.81. The highest BCUT2D eigenvalue weighted by Crippen LogP contribution is 2.39. The van der Waals surface area contributed by atoms with Gasteiger partial charge in [0.25, 0.3) is 0 Å². The van der Waals surface area contributed by atoms with E-state index in [-0.39, 0.29) is 0 Å². The molecule has 0 bridgehead atoms. The Balaban J connectivity index is 1.89. The molecule has 0 aliphatic carbocycles. The molecule has 3 aromatic heterocycles. The van der Waals surface area contributed by atoms with Crippen molar-refractivity contribution in [1.82, 2.24) is 19.5 Å². The van der Waals surface area contributed by atoms with Gasteiger partial charge in [-0.15, -0.1) is 11.3 Å². The highest BCUT2D eigenvalue weighted by molar-refractivity contribution is 7.16. The predicted octanol–water partition coefficient (Wildman–Crippen LogP) is 2.57. The summed E-state index contributed by atoms with van der Waals surface area (Å²) in [6.45, 7) is 2.24. The van der Waals surface area contributed by atoms with Crippen molar-refractivity contribution in [2.75, 3.05) is 13.7 Å². The van der Waals surface area contributed by atoms with Gasteiger partial charge in [-0.05, 0) is 13.0 Å². The lowest BCUT2D eigenvalue weighted by Gasteiger charge is -2.32. The van der Waals surface area contributed by atoms with Crippen LogP contribution in [0.15, 0.2) is 11.4 Å². The molecule has 1 unspecified atom stereocenters. The molecule has 1 amide bonds. The molecule has 10 heteroatoms. The molecule has 0 saturated carbocycles. The zero-order valence-electron chi connectivity index (χ0n) is 13.4. The van der Waals surface area contributed by atoms with Gasteiger partial charge in [0, 0.05) is 23.2 Å². The van der Waals surface area contributed by atoms with Crippen molar-refractivity contribution >= 4 is 39.7 Å². The molecule has 0 radical (unpaired) electrons. The lowest BCUT2D eigenvalue weighted by molar-refractivity contribution is 0.0601. The first-order valence-corrected chi connectivity index (χ1v) is 9.20. The van der Waals surface area contributed by atoms with Crippen LogP contribution in [0.5, 0.6) is 0 Å². The number of rotatable bonds is 2. The van der Waals surface area contributed by atoms with E-state index in [4.69, 9.17) is 4.74 Å². The van der Waals surface area contributed by atoms with Crippen LogP contribution in [0.3, 0.4) is 0 Å². The van der Waals surface area contributed by atoms with Crippen molar-refractivity contribution in [2.24, 2.45) is 0 Å². The Morgan fingerprint density at radius 1 is 1.44 bits per heavy atom. The Labute approximate surface area is 150 Å². The summed E-state index contributed by atoms with van der Waals surface area (Å²) in [5.41, 5.74) is 2.02. The van der Waals surface area contributed by atoms with Crippen molar-refractivity contribution in [3.63, 3.8) is 0 Å². The zero-order valence-corrected chi connectivity index (χ0v) is 15.1. The number of aromatic nitrogens is 3. The van der Waals surface area contributed by atoms with E-state index in [9.17, 15) is 14.7 Å². The molecule has 1 aliphatic rings. The minimum Gasteiger partial charge on any atom is -0.465 e. The Morgan fingerprint density at radius 2 is 2.24 bits per heavy atom. The van der Waals surface area contributed by atoms with Crippen LogP contribution in [0.1, 0.15) is 37.7 Å². The normalized spacial score (nSPS) is 16.9. The van der Waals surface area contributed by atoms with Crippen molar-refractivity contribution in [3.05, 3.63) is 38.3 Å². The Morgan fingerprint density at radius 3 is 2.96 bits per heavy atom. The van der Waals surface area contributed by atoms with Gasteiger partial charge >= 0.3 is 12.1 Å². The summed E-state index contributed by atoms with van der Waals surface area (Å²) in [5, 5.41) is 16.7. The van der Waals surface area contributed by atoms with Crippen LogP contribution in [-0.4, -0.2) is 50.3 Å². The minimum atomic E-state index is -1.01. The Hall–Kier alpha value is -2.46. The summed E-state index contributed by atoms with van der Waals surface area (Å²) in [5.74, 6) is -0.441. The first kappa shape index (κ1) is 16.0. The molecule has 0 fully saturated rings. The van der Waals surface area contributed by atoms with Gasteiger partial charge < -0.3 is 9.84 Å². The molecule has 25 heavy (non-hydrogen) atoms. The summed E-state index contributed by atoms with van der Waals surface area (Å²) < 4.78 is 6.48. The third-order valence-electron chi connectivity index (χ3n) is 4.13. The number of hydrogen-bond acceptors (Lipinski definition) is 7. The number of imidazole rings is 1. The fourth-order valence-corrected chi connectivity index (χ4v) is 4.84. The van der Waals surface area contributed by atoms with Crippen molar-refractivity contribution < 1.29 is 19.4 Å². The Kier molecular flexibility index (Phi) is 3.73. The van der Waals surface area contributed by atoms with Gasteiger partial charge in [0.15, 0.2) is 0 Å². The predicted molar refractivity (Wildman–Crippen MR) is 91.5 cm³/mol. The zero-order chi connectivity index (χ0) is 17.7. The van der Waals surface area contributed by atoms with E-state index >= 15 is 0 Å². The van der Waals surface area contributed by atoms with Gasteiger partial charge in [-0.2, -0.15) is 5.10 Å². The molecule has 1 aliphatic heterocycles. The third-order valence-corrected chi connectivity index (χ3v) is 5.94. The molecule has 4 heterocycles. The summed E-state index contributed by atoms with van der Waals surface area (Å²) in [4.78, 5) is 31.0. The van der Waals surface area contributed by atoms with Gasteiger partial charge in [-0.3, -0.25) is 4.90 Å². The summed E-state index contributed by atoms with van der Waals surface area (Å²) in [7, 11) is 1.32. The second-order valence-electron chi connectivity index (χ2n) is 5.62. The number of esters is 1. The first-order chi connectivity index (χ1) is 12.0. The number of fused-ring (bicyclic) bond motifs is 3. The van der Waals surface area contributed by atoms with Crippen LogP contribution in [0.2, 0.25) is 0 Å². The number of thiophene rings is 1. The first-order valence-electron chi connectivity index (χ1n) is 7.51. The van der Waals surface area contributed by atoms with Gasteiger partial charge in [0.05, 0.1) is 24.1 Å². The molecular weight excluding hydrogens is 364 g/mol. The number of amides is 1. The van der Waals surface area contributed by atoms with Crippen LogP contribution in [-0.2, 0) is 11.2 Å². The van der Waals surface area contributed by atoms with Gasteiger partial charge in [-0.25, -0.2) is 19.1 Å². The van der Waals surface area contributed by atoms with Crippen molar-refractivity contribution in [3.8, 4) is 0 Å². The molecular formula is C15H14N4O4S2.